The fraction of sp³-hybridized carbons (Fsp3) is 0.214. The first-order valence-corrected chi connectivity index (χ1v) is 6.12. The minimum Gasteiger partial charge on any atom is -0.478 e. The van der Waals surface area contributed by atoms with Crippen LogP contribution >= 0.6 is 0 Å². The Balaban J connectivity index is 2.12. The van der Waals surface area contributed by atoms with E-state index in [4.69, 9.17) is 5.11 Å². The predicted molar refractivity (Wildman–Crippen MR) is 72.7 cm³/mol. The number of carboxylic acids is 1. The van der Waals surface area contributed by atoms with Crippen LogP contribution in [0.25, 0.3) is 0 Å². The molecule has 0 fully saturated rings. The molecule has 0 aliphatic heterocycles. The van der Waals surface area contributed by atoms with E-state index < -0.39 is 5.97 Å². The highest BCUT2D eigenvalue weighted by atomic mass is 16.4. The van der Waals surface area contributed by atoms with Crippen LogP contribution in [0.15, 0.2) is 36.4 Å². The molecule has 1 aromatic heterocycles. The maximum Gasteiger partial charge on any atom is 0.335 e. The van der Waals surface area contributed by atoms with Crippen LogP contribution in [0.2, 0.25) is 0 Å². The molecule has 5 heteroatoms. The van der Waals surface area contributed by atoms with Gasteiger partial charge in [-0.2, -0.15) is 5.10 Å². The summed E-state index contributed by atoms with van der Waals surface area (Å²) in [6, 6.07) is 10.3. The van der Waals surface area contributed by atoms with Gasteiger partial charge in [-0.15, -0.1) is 5.10 Å². The van der Waals surface area contributed by atoms with Crippen molar-refractivity contribution in [1.29, 1.82) is 0 Å². The number of hydrogen-bond acceptors (Lipinski definition) is 4. The zero-order valence-electron chi connectivity index (χ0n) is 10.6. The zero-order chi connectivity index (χ0) is 13.7. The van der Waals surface area contributed by atoms with Crippen molar-refractivity contribution in [3.05, 3.63) is 47.7 Å². The van der Waals surface area contributed by atoms with Crippen molar-refractivity contribution >= 4 is 17.5 Å². The summed E-state index contributed by atoms with van der Waals surface area (Å²) in [7, 11) is 0. The summed E-state index contributed by atoms with van der Waals surface area (Å²) in [5.74, 6) is -0.351. The van der Waals surface area contributed by atoms with E-state index in [1.54, 1.807) is 24.3 Å². The summed E-state index contributed by atoms with van der Waals surface area (Å²) >= 11 is 0. The Bertz CT molecular complexity index is 567. The average Bonchev–Trinajstić information content (AvgIpc) is 2.42. The lowest BCUT2D eigenvalue weighted by atomic mass is 10.2. The molecule has 2 aromatic rings. The van der Waals surface area contributed by atoms with Crippen molar-refractivity contribution in [3.63, 3.8) is 0 Å². The maximum absolute atomic E-state index is 10.9. The van der Waals surface area contributed by atoms with E-state index in [1.165, 1.54) is 0 Å². The number of hydrogen-bond donors (Lipinski definition) is 2. The second kappa shape index (κ2) is 5.95. The summed E-state index contributed by atoms with van der Waals surface area (Å²) in [6.07, 6.45) is 1.93. The van der Waals surface area contributed by atoms with Gasteiger partial charge in [-0.3, -0.25) is 0 Å². The normalized spacial score (nSPS) is 10.2. The van der Waals surface area contributed by atoms with Gasteiger partial charge in [0.1, 0.15) is 0 Å². The lowest BCUT2D eigenvalue weighted by Gasteiger charge is -2.06. The molecule has 19 heavy (non-hydrogen) atoms. The Morgan fingerprint density at radius 1 is 1.26 bits per heavy atom. The second-order valence-corrected chi connectivity index (χ2v) is 4.17. The van der Waals surface area contributed by atoms with Crippen LogP contribution in [0.5, 0.6) is 0 Å². The van der Waals surface area contributed by atoms with E-state index in [0.717, 1.165) is 18.5 Å². The third-order valence-electron chi connectivity index (χ3n) is 2.61. The lowest BCUT2D eigenvalue weighted by Crippen LogP contribution is -2.00. The number of aryl methyl sites for hydroxylation is 1. The Morgan fingerprint density at radius 2 is 2.11 bits per heavy atom. The number of carbonyl (C=O) groups is 1. The van der Waals surface area contributed by atoms with Crippen molar-refractivity contribution in [2.45, 2.75) is 19.8 Å². The molecule has 2 N–H and O–H groups in total. The van der Waals surface area contributed by atoms with Crippen LogP contribution in [-0.2, 0) is 6.42 Å². The van der Waals surface area contributed by atoms with Crippen LogP contribution < -0.4 is 5.32 Å². The van der Waals surface area contributed by atoms with Gasteiger partial charge in [0.05, 0.1) is 11.3 Å². The minimum absolute atomic E-state index is 0.237. The molecule has 1 aromatic carbocycles. The third kappa shape index (κ3) is 3.51. The number of aromatic nitrogens is 2. The summed E-state index contributed by atoms with van der Waals surface area (Å²) in [5, 5.41) is 20.1. The Hall–Kier alpha value is -2.43. The monoisotopic (exact) mass is 257 g/mol. The minimum atomic E-state index is -0.951. The van der Waals surface area contributed by atoms with Gasteiger partial charge in [-0.1, -0.05) is 19.4 Å². The molecule has 0 atom stereocenters. The number of benzene rings is 1. The first-order chi connectivity index (χ1) is 9.19. The van der Waals surface area contributed by atoms with Gasteiger partial charge in [0.25, 0.3) is 0 Å². The molecule has 1 heterocycles. The average molecular weight is 257 g/mol. The smallest absolute Gasteiger partial charge is 0.335 e. The van der Waals surface area contributed by atoms with Crippen LogP contribution in [-0.4, -0.2) is 21.3 Å². The van der Waals surface area contributed by atoms with Gasteiger partial charge in [-0.25, -0.2) is 4.79 Å². The van der Waals surface area contributed by atoms with Gasteiger partial charge in [0.2, 0.25) is 0 Å². The van der Waals surface area contributed by atoms with Crippen LogP contribution in [0.1, 0.15) is 29.4 Å². The number of nitrogens with zero attached hydrogens (tertiary/aromatic N) is 2. The highest BCUT2D eigenvalue weighted by Gasteiger charge is 2.04. The summed E-state index contributed by atoms with van der Waals surface area (Å²) < 4.78 is 0. The molecule has 0 saturated carbocycles. The number of nitrogens with one attached hydrogen (secondary N) is 1. The topological polar surface area (TPSA) is 75.1 Å². The van der Waals surface area contributed by atoms with E-state index in [0.29, 0.717) is 11.5 Å². The van der Waals surface area contributed by atoms with E-state index in [-0.39, 0.29) is 5.56 Å². The molecule has 0 bridgehead atoms. The predicted octanol–water partition coefficient (Wildman–Crippen LogP) is 2.87. The highest BCUT2D eigenvalue weighted by molar-refractivity contribution is 5.89. The molecule has 2 rings (SSSR count). The molecule has 0 radical (unpaired) electrons. The molecule has 0 aliphatic carbocycles. The van der Waals surface area contributed by atoms with Gasteiger partial charge in [0.15, 0.2) is 5.82 Å². The largest absolute Gasteiger partial charge is 0.478 e. The standard InChI is InChI=1S/C14H15N3O2/c1-2-4-11-7-8-13(17-16-11)15-12-6-3-5-10(9-12)14(18)19/h3,5-9H,2,4H2,1H3,(H,15,17)(H,18,19). The Morgan fingerprint density at radius 3 is 2.74 bits per heavy atom. The van der Waals surface area contributed by atoms with Crippen molar-refractivity contribution in [3.8, 4) is 0 Å². The molecule has 0 aliphatic rings. The van der Waals surface area contributed by atoms with Crippen molar-refractivity contribution in [2.75, 3.05) is 5.32 Å². The van der Waals surface area contributed by atoms with Crippen molar-refractivity contribution in [1.82, 2.24) is 10.2 Å². The summed E-state index contributed by atoms with van der Waals surface area (Å²) in [4.78, 5) is 10.9. The van der Waals surface area contributed by atoms with Gasteiger partial charge in [0, 0.05) is 5.69 Å². The maximum atomic E-state index is 10.9. The zero-order valence-corrected chi connectivity index (χ0v) is 10.6. The number of aromatic carboxylic acids is 1. The quantitative estimate of drug-likeness (QED) is 0.861. The summed E-state index contributed by atoms with van der Waals surface area (Å²) in [5.41, 5.74) is 1.87. The van der Waals surface area contributed by atoms with Crippen molar-refractivity contribution in [2.24, 2.45) is 0 Å². The third-order valence-corrected chi connectivity index (χ3v) is 2.61. The van der Waals surface area contributed by atoms with E-state index in [9.17, 15) is 4.79 Å². The van der Waals surface area contributed by atoms with Crippen molar-refractivity contribution < 1.29 is 9.90 Å². The fourth-order valence-electron chi connectivity index (χ4n) is 1.69. The Kier molecular flexibility index (Phi) is 4.07. The number of anilines is 2. The summed E-state index contributed by atoms with van der Waals surface area (Å²) in [6.45, 7) is 2.09. The number of rotatable bonds is 5. The van der Waals surface area contributed by atoms with Gasteiger partial charge < -0.3 is 10.4 Å². The second-order valence-electron chi connectivity index (χ2n) is 4.17. The van der Waals surface area contributed by atoms with E-state index in [1.807, 2.05) is 12.1 Å². The van der Waals surface area contributed by atoms with Gasteiger partial charge in [-0.05, 0) is 36.8 Å². The van der Waals surface area contributed by atoms with Gasteiger partial charge >= 0.3 is 5.97 Å². The number of carboxylic acid groups (broad SMARTS) is 1. The molecule has 5 nitrogen and oxygen atoms in total. The molecular formula is C14H15N3O2. The van der Waals surface area contributed by atoms with Crippen LogP contribution in [0.4, 0.5) is 11.5 Å². The first-order valence-electron chi connectivity index (χ1n) is 6.12. The fourth-order valence-corrected chi connectivity index (χ4v) is 1.69. The van der Waals surface area contributed by atoms with Crippen LogP contribution in [0, 0.1) is 0 Å². The molecule has 0 spiro atoms. The highest BCUT2D eigenvalue weighted by Crippen LogP contribution is 2.15. The molecule has 0 unspecified atom stereocenters. The van der Waals surface area contributed by atoms with Crippen LogP contribution in [0.3, 0.4) is 0 Å². The molecule has 0 amide bonds. The first kappa shape index (κ1) is 13.0. The SMILES string of the molecule is CCCc1ccc(Nc2cccc(C(=O)O)c2)nn1. The molecule has 0 saturated heterocycles. The van der Waals surface area contributed by atoms with E-state index >= 15 is 0 Å². The Labute approximate surface area is 111 Å². The molecule has 98 valence electrons. The van der Waals surface area contributed by atoms with E-state index in [2.05, 4.69) is 22.4 Å². The lowest BCUT2D eigenvalue weighted by molar-refractivity contribution is 0.0697. The molecular weight excluding hydrogens is 242 g/mol.